The Morgan fingerprint density at radius 2 is 0.763 bits per heavy atom. The Morgan fingerprint density at radius 3 is 0.868 bits per heavy atom. The molecule has 0 atom stereocenters. The molecule has 38 heavy (non-hydrogen) atoms. The molecule has 7 N–H and O–H groups in total. The molecule has 0 saturated heterocycles. The van der Waals surface area contributed by atoms with E-state index in [1.54, 1.807) is 12.4 Å². The van der Waals surface area contributed by atoms with Gasteiger partial charge in [-0.1, -0.05) is 143 Å². The summed E-state index contributed by atoms with van der Waals surface area (Å²) in [5.74, 6) is 0. The number of hydrogen-bond donors (Lipinski definition) is 4. The Morgan fingerprint density at radius 1 is 0.553 bits per heavy atom. The van der Waals surface area contributed by atoms with Gasteiger partial charge in [0.25, 0.3) is 0 Å². The van der Waals surface area contributed by atoms with Crippen molar-refractivity contribution in [1.29, 1.82) is 0 Å². The van der Waals surface area contributed by atoms with Crippen molar-refractivity contribution < 1.29 is 12.5 Å². The molecule has 0 unspecified atom stereocenters. The zero-order valence-electron chi connectivity index (χ0n) is 29.4. The molecule has 6 heteroatoms. The number of aliphatic hydroxyl groups excluding tert-OH is 1. The molecule has 6 nitrogen and oxygen atoms in total. The first-order chi connectivity index (χ1) is 18.6. The quantitative estimate of drug-likeness (QED) is 0.207. The van der Waals surface area contributed by atoms with Crippen LogP contribution in [0.3, 0.4) is 0 Å². The molecule has 0 fully saturated rings. The zero-order valence-corrected chi connectivity index (χ0v) is 29.4. The Balaban J connectivity index is -0.0000000224. The summed E-state index contributed by atoms with van der Waals surface area (Å²) in [6.45, 7) is 35.5. The van der Waals surface area contributed by atoms with Gasteiger partial charge in [0.1, 0.15) is 0 Å². The second kappa shape index (κ2) is 139. The van der Waals surface area contributed by atoms with Crippen LogP contribution in [0, 0.1) is 0 Å². The molecule has 0 aliphatic rings. The molecule has 0 bridgehead atoms. The van der Waals surface area contributed by atoms with Gasteiger partial charge in [0.2, 0.25) is 0 Å². The Labute approximate surface area is 246 Å². The Kier molecular flexibility index (Phi) is 240. The highest BCUT2D eigenvalue weighted by atomic mass is 16.3. The van der Waals surface area contributed by atoms with E-state index in [9.17, 15) is 0 Å². The van der Waals surface area contributed by atoms with Gasteiger partial charge >= 0.3 is 0 Å². The molecule has 0 spiro atoms. The van der Waals surface area contributed by atoms with Gasteiger partial charge in [0.15, 0.2) is 19.1 Å². The van der Waals surface area contributed by atoms with Crippen molar-refractivity contribution >= 4 is 0 Å². The minimum atomic E-state index is -0.250. The van der Waals surface area contributed by atoms with Crippen molar-refractivity contribution in [2.45, 2.75) is 137 Å². The lowest BCUT2D eigenvalue weighted by Crippen LogP contribution is -2.36. The molecule has 0 aromatic carbocycles. The first kappa shape index (κ1) is 65.3. The van der Waals surface area contributed by atoms with E-state index in [4.69, 9.17) is 16.6 Å². The lowest BCUT2D eigenvalue weighted by molar-refractivity contribution is -0.696. The SMILES string of the molecule is CC.CC.CC.CC.CC.CC.CCC.CCC.CCN.NCO.NC[n+]1ccccc1.[2HH].[2HH].c1ccncc1. The van der Waals surface area contributed by atoms with Crippen LogP contribution in [0.15, 0.2) is 61.2 Å². The average molecular weight is 555 g/mol. The van der Waals surface area contributed by atoms with E-state index in [0.29, 0.717) is 6.67 Å². The molecular formula is C32H82N5O+. The summed E-state index contributed by atoms with van der Waals surface area (Å²) in [6, 6.07) is 11.6. The molecule has 2 heterocycles. The zero-order chi connectivity index (χ0) is 32.9. The number of nitrogens with two attached hydrogens (primary N) is 3. The average Bonchev–Trinajstić information content (AvgIpc) is 3.02. The maximum atomic E-state index is 7.35. The number of nitrogens with zero attached hydrogens (tertiary/aromatic N) is 2. The smallest absolute Gasteiger partial charge is 0.199 e. The van der Waals surface area contributed by atoms with Crippen LogP contribution in [0.25, 0.3) is 0 Å². The molecule has 0 aliphatic heterocycles. The van der Waals surface area contributed by atoms with Crippen LogP contribution in [0.2, 0.25) is 0 Å². The standard InChI is InChI=1S/C6H9N2.C5H5N.2C3H8.C2H7N.6C2H6.CH5NO.2H2/c7-6-8-4-2-1-3-5-8;1-2-4-6-5-3-1;2*1-3-2;1-2-3;6*1-2;2-1-3;;/h1-5H,6-7H2;1-5H;2*3H2,1-2H3;2-3H2,1H3;6*1-2H3;3H,1-2H2;2*1H/q+1;;;;;;;;;;;;;/i;;;;;;;;;;;;2*1+1. The third-order valence-corrected chi connectivity index (χ3v) is 1.55. The second-order valence-electron chi connectivity index (χ2n) is 4.60. The predicted molar refractivity (Wildman–Crippen MR) is 185 cm³/mol. The third kappa shape index (κ3) is 188. The van der Waals surface area contributed by atoms with Gasteiger partial charge < -0.3 is 16.6 Å². The number of aromatic nitrogens is 2. The second-order valence-corrected chi connectivity index (χ2v) is 4.60. The van der Waals surface area contributed by atoms with E-state index in [2.05, 4.69) is 38.4 Å². The number of hydrogen-bond acceptors (Lipinski definition) is 5. The lowest BCUT2D eigenvalue weighted by Gasteiger charge is -1.84. The molecule has 2 rings (SSSR count). The molecule has 240 valence electrons. The minimum Gasteiger partial charge on any atom is -0.382 e. The first-order valence-electron chi connectivity index (χ1n) is 15.1. The van der Waals surface area contributed by atoms with E-state index in [0.717, 1.165) is 6.54 Å². The van der Waals surface area contributed by atoms with Gasteiger partial charge in [-0.2, -0.15) is 4.57 Å². The van der Waals surface area contributed by atoms with Gasteiger partial charge in [0, 0.05) is 27.4 Å². The molecular weight excluding hydrogens is 470 g/mol. The topological polar surface area (TPSA) is 115 Å². The third-order valence-electron chi connectivity index (χ3n) is 1.55. The van der Waals surface area contributed by atoms with Gasteiger partial charge in [-0.25, -0.2) is 0 Å². The fourth-order valence-corrected chi connectivity index (χ4v) is 0.869. The molecule has 0 radical (unpaired) electrons. The number of pyridine rings is 2. The van der Waals surface area contributed by atoms with Gasteiger partial charge in [-0.05, 0) is 18.7 Å². The van der Waals surface area contributed by atoms with Crippen molar-refractivity contribution in [3.8, 4) is 0 Å². The summed E-state index contributed by atoms with van der Waals surface area (Å²) in [4.78, 5) is 3.78. The van der Waals surface area contributed by atoms with Crippen LogP contribution in [-0.4, -0.2) is 23.4 Å². The van der Waals surface area contributed by atoms with Crippen molar-refractivity contribution in [2.24, 2.45) is 17.2 Å². The highest BCUT2D eigenvalue weighted by Gasteiger charge is 1.86. The lowest BCUT2D eigenvalue weighted by atomic mass is 10.5. The fourth-order valence-electron chi connectivity index (χ4n) is 0.869. The maximum Gasteiger partial charge on any atom is 0.199 e. The Bertz CT molecular complexity index is 368. The van der Waals surface area contributed by atoms with Crippen molar-refractivity contribution in [2.75, 3.05) is 13.3 Å². The highest BCUT2D eigenvalue weighted by Crippen LogP contribution is 1.74. The van der Waals surface area contributed by atoms with Crippen molar-refractivity contribution in [3.63, 3.8) is 0 Å². The largest absolute Gasteiger partial charge is 0.382 e. The molecule has 0 amide bonds. The fraction of sp³-hybridized carbons (Fsp3) is 0.688. The van der Waals surface area contributed by atoms with Crippen molar-refractivity contribution in [3.05, 3.63) is 61.2 Å². The van der Waals surface area contributed by atoms with E-state index in [-0.39, 0.29) is 9.58 Å². The Hall–Kier alpha value is -1.86. The summed E-state index contributed by atoms with van der Waals surface area (Å²) in [7, 11) is 0. The first-order valence-corrected chi connectivity index (χ1v) is 15.1. The summed E-state index contributed by atoms with van der Waals surface area (Å²) < 4.78 is 1.90. The van der Waals surface area contributed by atoms with E-state index < -0.39 is 0 Å². The molecule has 2 aromatic rings. The van der Waals surface area contributed by atoms with Gasteiger partial charge in [-0.3, -0.25) is 10.7 Å². The monoisotopic (exact) mass is 555 g/mol. The van der Waals surface area contributed by atoms with Crippen LogP contribution in [-0.2, 0) is 6.67 Å². The molecule has 2 aromatic heterocycles. The van der Waals surface area contributed by atoms with E-state index in [1.165, 1.54) is 12.8 Å². The molecule has 0 saturated carbocycles. The number of aliphatic hydroxyl groups is 1. The van der Waals surface area contributed by atoms with Crippen molar-refractivity contribution in [1.82, 2.24) is 4.98 Å². The number of rotatable bonds is 1. The summed E-state index contributed by atoms with van der Waals surface area (Å²) in [5.41, 5.74) is 14.6. The summed E-state index contributed by atoms with van der Waals surface area (Å²) in [6.07, 6.45) is 9.86. The minimum absolute atomic E-state index is 0. The molecule has 0 aliphatic carbocycles. The van der Waals surface area contributed by atoms with Crippen LogP contribution < -0.4 is 21.8 Å². The predicted octanol–water partition coefficient (Wildman–Crippen LogP) is 9.31. The van der Waals surface area contributed by atoms with Crippen LogP contribution >= 0.6 is 0 Å². The van der Waals surface area contributed by atoms with E-state index in [1.807, 2.05) is 143 Å². The van der Waals surface area contributed by atoms with Crippen LogP contribution in [0.4, 0.5) is 0 Å². The summed E-state index contributed by atoms with van der Waals surface area (Å²) >= 11 is 0. The highest BCUT2D eigenvalue weighted by molar-refractivity contribution is 4.88. The van der Waals surface area contributed by atoms with Gasteiger partial charge in [0.05, 0.1) is 6.73 Å². The van der Waals surface area contributed by atoms with Gasteiger partial charge in [-0.15, -0.1) is 0 Å². The maximum absolute atomic E-state index is 7.35. The van der Waals surface area contributed by atoms with E-state index >= 15 is 0 Å². The normalized spacial score (nSPS) is 6.03. The van der Waals surface area contributed by atoms with Crippen LogP contribution in [0.1, 0.15) is 133 Å². The summed E-state index contributed by atoms with van der Waals surface area (Å²) in [5, 5.41) is 7.35. The van der Waals surface area contributed by atoms with Crippen LogP contribution in [0.5, 0.6) is 0 Å².